The molecule has 1 rings (SSSR count). The second-order valence-corrected chi connectivity index (χ2v) is 3.98. The highest BCUT2D eigenvalue weighted by atomic mass is 16.4. The Hall–Kier alpha value is -1.79. The fraction of sp³-hybridized carbons (Fsp3) is 0.700. The van der Waals surface area contributed by atoms with E-state index in [9.17, 15) is 14.4 Å². The first-order chi connectivity index (χ1) is 8.04. The summed E-state index contributed by atoms with van der Waals surface area (Å²) in [5.74, 6) is -1.16. The van der Waals surface area contributed by atoms with Gasteiger partial charge in [-0.1, -0.05) is 0 Å². The van der Waals surface area contributed by atoms with Gasteiger partial charge in [0.05, 0.1) is 0 Å². The van der Waals surface area contributed by atoms with E-state index in [0.717, 1.165) is 12.8 Å². The molecule has 0 aliphatic heterocycles. The predicted octanol–water partition coefficient (Wildman–Crippen LogP) is -0.715. The van der Waals surface area contributed by atoms with Gasteiger partial charge in [-0.2, -0.15) is 0 Å². The van der Waals surface area contributed by atoms with Crippen LogP contribution in [0.25, 0.3) is 0 Å². The Morgan fingerprint density at radius 3 is 2.47 bits per heavy atom. The van der Waals surface area contributed by atoms with Gasteiger partial charge >= 0.3 is 12.0 Å². The summed E-state index contributed by atoms with van der Waals surface area (Å²) in [5, 5.41) is 16.1. The van der Waals surface area contributed by atoms with Gasteiger partial charge < -0.3 is 21.1 Å². The fourth-order valence-corrected chi connectivity index (χ4v) is 1.42. The maximum atomic E-state index is 11.3. The molecule has 96 valence electrons. The van der Waals surface area contributed by atoms with E-state index in [0.29, 0.717) is 0 Å². The molecular formula is C10H17N3O4. The molecule has 17 heavy (non-hydrogen) atoms. The van der Waals surface area contributed by atoms with Crippen LogP contribution in [-0.2, 0) is 9.59 Å². The number of rotatable bonds is 6. The third-order valence-electron chi connectivity index (χ3n) is 2.56. The van der Waals surface area contributed by atoms with E-state index < -0.39 is 18.0 Å². The monoisotopic (exact) mass is 243 g/mol. The summed E-state index contributed by atoms with van der Waals surface area (Å²) in [5.41, 5.74) is 0. The van der Waals surface area contributed by atoms with E-state index in [1.165, 1.54) is 7.05 Å². The average molecular weight is 243 g/mol. The first-order valence-electron chi connectivity index (χ1n) is 5.52. The van der Waals surface area contributed by atoms with Crippen molar-refractivity contribution in [2.24, 2.45) is 5.92 Å². The summed E-state index contributed by atoms with van der Waals surface area (Å²) >= 11 is 0. The summed E-state index contributed by atoms with van der Waals surface area (Å²) in [4.78, 5) is 33.0. The second-order valence-electron chi connectivity index (χ2n) is 3.98. The molecule has 0 heterocycles. The van der Waals surface area contributed by atoms with Gasteiger partial charge in [0.2, 0.25) is 5.91 Å². The van der Waals surface area contributed by atoms with Crippen molar-refractivity contribution in [2.75, 3.05) is 13.6 Å². The first kappa shape index (κ1) is 13.3. The summed E-state index contributed by atoms with van der Waals surface area (Å²) in [7, 11) is 1.51. The largest absolute Gasteiger partial charge is 0.480 e. The average Bonchev–Trinajstić information content (AvgIpc) is 3.09. The van der Waals surface area contributed by atoms with Crippen molar-refractivity contribution < 1.29 is 19.5 Å². The Bertz CT molecular complexity index is 315. The molecule has 7 heteroatoms. The Morgan fingerprint density at radius 2 is 2.00 bits per heavy atom. The molecule has 7 nitrogen and oxygen atoms in total. The molecule has 1 atom stereocenters. The number of nitrogens with one attached hydrogen (secondary N) is 3. The Morgan fingerprint density at radius 1 is 1.35 bits per heavy atom. The van der Waals surface area contributed by atoms with Crippen molar-refractivity contribution >= 4 is 17.9 Å². The van der Waals surface area contributed by atoms with Gasteiger partial charge in [0.1, 0.15) is 6.04 Å². The van der Waals surface area contributed by atoms with Gasteiger partial charge in [-0.05, 0) is 18.8 Å². The maximum Gasteiger partial charge on any atom is 0.326 e. The molecule has 0 aromatic heterocycles. The Balaban J connectivity index is 2.23. The number of urea groups is 1. The molecule has 0 saturated heterocycles. The lowest BCUT2D eigenvalue weighted by atomic mass is 10.2. The quantitative estimate of drug-likeness (QED) is 0.494. The number of carbonyl (C=O) groups excluding carboxylic acids is 2. The molecule has 0 aromatic rings. The standard InChI is InChI=1S/C10H17N3O4/c1-11-7(14)4-5-12-10(17)13-8(9(15)16)6-2-3-6/h6,8H,2-5H2,1H3,(H,11,14)(H,15,16)(H2,12,13,17). The summed E-state index contributed by atoms with van der Waals surface area (Å²) < 4.78 is 0. The van der Waals surface area contributed by atoms with Crippen LogP contribution in [0.2, 0.25) is 0 Å². The van der Waals surface area contributed by atoms with Crippen LogP contribution in [0.5, 0.6) is 0 Å². The number of aliphatic carboxylic acids is 1. The summed E-state index contributed by atoms with van der Waals surface area (Å²) in [6.07, 6.45) is 1.83. The van der Waals surface area contributed by atoms with Crippen LogP contribution in [0.4, 0.5) is 4.79 Å². The number of carbonyl (C=O) groups is 3. The molecule has 4 N–H and O–H groups in total. The zero-order chi connectivity index (χ0) is 12.8. The summed E-state index contributed by atoms with van der Waals surface area (Å²) in [6.45, 7) is 0.183. The van der Waals surface area contributed by atoms with Gasteiger partial charge in [-0.25, -0.2) is 9.59 Å². The molecule has 0 radical (unpaired) electrons. The van der Waals surface area contributed by atoms with Gasteiger partial charge in [-0.15, -0.1) is 0 Å². The molecule has 1 saturated carbocycles. The zero-order valence-corrected chi connectivity index (χ0v) is 9.66. The van der Waals surface area contributed by atoms with Crippen LogP contribution in [-0.4, -0.2) is 42.6 Å². The van der Waals surface area contributed by atoms with Crippen LogP contribution < -0.4 is 16.0 Å². The number of amides is 3. The van der Waals surface area contributed by atoms with Crippen LogP contribution in [0, 0.1) is 5.92 Å². The molecule has 0 spiro atoms. The van der Waals surface area contributed by atoms with E-state index in [4.69, 9.17) is 5.11 Å². The lowest BCUT2D eigenvalue weighted by Crippen LogP contribution is -2.47. The van der Waals surface area contributed by atoms with Crippen molar-refractivity contribution in [1.29, 1.82) is 0 Å². The zero-order valence-electron chi connectivity index (χ0n) is 9.66. The maximum absolute atomic E-state index is 11.3. The molecule has 3 amide bonds. The fourth-order valence-electron chi connectivity index (χ4n) is 1.42. The highest BCUT2D eigenvalue weighted by Gasteiger charge is 2.37. The van der Waals surface area contributed by atoms with Gasteiger partial charge in [-0.3, -0.25) is 4.79 Å². The van der Waals surface area contributed by atoms with E-state index in [-0.39, 0.29) is 24.8 Å². The number of hydrogen-bond donors (Lipinski definition) is 4. The van der Waals surface area contributed by atoms with Crippen LogP contribution in [0.3, 0.4) is 0 Å². The second kappa shape index (κ2) is 6.07. The molecule has 1 aliphatic rings. The third kappa shape index (κ3) is 4.71. The normalized spacial score (nSPS) is 15.8. The number of carboxylic acid groups (broad SMARTS) is 1. The van der Waals surface area contributed by atoms with Gasteiger partial charge in [0, 0.05) is 20.0 Å². The third-order valence-corrected chi connectivity index (χ3v) is 2.56. The molecular weight excluding hydrogens is 226 g/mol. The SMILES string of the molecule is CNC(=O)CCNC(=O)NC(C(=O)O)C1CC1. The smallest absolute Gasteiger partial charge is 0.326 e. The molecule has 1 unspecified atom stereocenters. The first-order valence-corrected chi connectivity index (χ1v) is 5.52. The van der Waals surface area contributed by atoms with E-state index in [2.05, 4.69) is 16.0 Å². The molecule has 1 fully saturated rings. The summed E-state index contributed by atoms with van der Waals surface area (Å²) in [6, 6.07) is -1.37. The van der Waals surface area contributed by atoms with Crippen molar-refractivity contribution in [3.8, 4) is 0 Å². The molecule has 0 aromatic carbocycles. The van der Waals surface area contributed by atoms with Gasteiger partial charge in [0.15, 0.2) is 0 Å². The highest BCUT2D eigenvalue weighted by Crippen LogP contribution is 2.32. The van der Waals surface area contributed by atoms with Crippen molar-refractivity contribution in [2.45, 2.75) is 25.3 Å². The molecule has 1 aliphatic carbocycles. The van der Waals surface area contributed by atoms with Crippen LogP contribution in [0.1, 0.15) is 19.3 Å². The lowest BCUT2D eigenvalue weighted by molar-refractivity contribution is -0.139. The van der Waals surface area contributed by atoms with E-state index in [1.54, 1.807) is 0 Å². The Labute approximate surface area is 98.9 Å². The van der Waals surface area contributed by atoms with Crippen LogP contribution in [0.15, 0.2) is 0 Å². The van der Waals surface area contributed by atoms with Gasteiger partial charge in [0.25, 0.3) is 0 Å². The van der Waals surface area contributed by atoms with E-state index in [1.807, 2.05) is 0 Å². The topological polar surface area (TPSA) is 108 Å². The minimum Gasteiger partial charge on any atom is -0.480 e. The van der Waals surface area contributed by atoms with Crippen LogP contribution >= 0.6 is 0 Å². The number of carboxylic acids is 1. The minimum absolute atomic E-state index is 0.0391. The van der Waals surface area contributed by atoms with Crippen molar-refractivity contribution in [3.05, 3.63) is 0 Å². The minimum atomic E-state index is -1.02. The lowest BCUT2D eigenvalue weighted by Gasteiger charge is -2.14. The predicted molar refractivity (Wildman–Crippen MR) is 59.4 cm³/mol. The van der Waals surface area contributed by atoms with Crippen molar-refractivity contribution in [3.63, 3.8) is 0 Å². The highest BCUT2D eigenvalue weighted by molar-refractivity contribution is 5.83. The Kier molecular flexibility index (Phi) is 4.74. The number of hydrogen-bond acceptors (Lipinski definition) is 3. The van der Waals surface area contributed by atoms with Crippen molar-refractivity contribution in [1.82, 2.24) is 16.0 Å². The molecule has 0 bridgehead atoms. The van der Waals surface area contributed by atoms with E-state index >= 15 is 0 Å².